The van der Waals surface area contributed by atoms with Gasteiger partial charge in [-0.25, -0.2) is 4.79 Å². The molecule has 0 heterocycles. The Bertz CT molecular complexity index is 777. The first-order chi connectivity index (χ1) is 15.7. The molecule has 1 aromatic carbocycles. The molecule has 0 saturated carbocycles. The summed E-state index contributed by atoms with van der Waals surface area (Å²) in [5, 5.41) is 9.45. The van der Waals surface area contributed by atoms with E-state index in [4.69, 9.17) is 4.74 Å². The van der Waals surface area contributed by atoms with Crippen LogP contribution in [0.5, 0.6) is 0 Å². The van der Waals surface area contributed by atoms with Gasteiger partial charge in [-0.05, 0) is 60.6 Å². The maximum atomic E-state index is 11.4. The average Bonchev–Trinajstić information content (AvgIpc) is 2.77. The molecule has 0 radical (unpaired) electrons. The molecule has 5 nitrogen and oxygen atoms in total. The first kappa shape index (κ1) is 31.9. The van der Waals surface area contributed by atoms with Gasteiger partial charge in [0, 0.05) is 6.08 Å². The second-order valence-corrected chi connectivity index (χ2v) is 10.3. The van der Waals surface area contributed by atoms with E-state index in [2.05, 4.69) is 69.2 Å². The number of aryl methyl sites for hydroxylation is 2. The number of esters is 1. The molecule has 1 rings (SSSR count). The Morgan fingerprint density at radius 1 is 1.12 bits per heavy atom. The minimum atomic E-state index is -0.934. The van der Waals surface area contributed by atoms with E-state index in [1.54, 1.807) is 13.0 Å². The fourth-order valence-electron chi connectivity index (χ4n) is 2.79. The van der Waals surface area contributed by atoms with Crippen molar-refractivity contribution in [3.8, 4) is 0 Å². The van der Waals surface area contributed by atoms with Crippen LogP contribution < -0.4 is 0 Å². The lowest BCUT2D eigenvalue weighted by Crippen LogP contribution is -2.23. The summed E-state index contributed by atoms with van der Waals surface area (Å²) in [7, 11) is 0. The summed E-state index contributed by atoms with van der Waals surface area (Å²) in [4.78, 5) is 20.7. The molecule has 194 valence electrons. The van der Waals surface area contributed by atoms with Crippen LogP contribution in [0.2, 0.25) is 0 Å². The normalized spacial score (nSPS) is 12.6. The van der Waals surface area contributed by atoms with Gasteiger partial charge in [0.2, 0.25) is 0 Å². The molecule has 0 spiro atoms. The molecule has 1 aromatic rings. The molecule has 0 aliphatic carbocycles. The zero-order valence-corrected chi connectivity index (χ0v) is 23.0. The first-order valence-electron chi connectivity index (χ1n) is 12.3. The highest BCUT2D eigenvalue weighted by Gasteiger charge is 2.16. The van der Waals surface area contributed by atoms with Crippen molar-refractivity contribution < 1.29 is 24.4 Å². The summed E-state index contributed by atoms with van der Waals surface area (Å²) >= 11 is 0. The summed E-state index contributed by atoms with van der Waals surface area (Å²) in [6.45, 7) is 22.3. The monoisotopic (exact) mass is 476 g/mol. The van der Waals surface area contributed by atoms with Gasteiger partial charge in [0.1, 0.15) is 25.1 Å². The summed E-state index contributed by atoms with van der Waals surface area (Å²) in [6, 6.07) is 6.93. The summed E-state index contributed by atoms with van der Waals surface area (Å²) in [5.74, 6) is -0.102. The maximum absolute atomic E-state index is 11.4. The lowest BCUT2D eigenvalue weighted by molar-refractivity contribution is -0.275. The van der Waals surface area contributed by atoms with Gasteiger partial charge >= 0.3 is 5.97 Å². The Morgan fingerprint density at radius 3 is 2.29 bits per heavy atom. The number of ether oxygens (including phenoxy) is 1. The third-order valence-corrected chi connectivity index (χ3v) is 5.90. The zero-order valence-electron chi connectivity index (χ0n) is 23.0. The highest BCUT2D eigenvalue weighted by atomic mass is 17.2. The number of carbonyl (C=O) groups is 1. The van der Waals surface area contributed by atoms with Gasteiger partial charge < -0.3 is 14.7 Å². The average molecular weight is 477 g/mol. The number of benzene rings is 1. The molecule has 0 aliphatic rings. The van der Waals surface area contributed by atoms with Crippen LogP contribution in [0.4, 0.5) is 0 Å². The Balaban J connectivity index is 0.000000657. The highest BCUT2D eigenvalue weighted by molar-refractivity contribution is 5.82. The minimum absolute atomic E-state index is 0.0456. The molecule has 1 atom stereocenters. The zero-order chi connectivity index (χ0) is 26.4. The molecule has 5 heteroatoms. The van der Waals surface area contributed by atoms with Gasteiger partial charge in [0.25, 0.3) is 0 Å². The molecule has 1 N–H and O–H groups in total. The van der Waals surface area contributed by atoms with Crippen LogP contribution >= 0.6 is 0 Å². The van der Waals surface area contributed by atoms with E-state index in [1.807, 2.05) is 20.8 Å². The predicted molar refractivity (Wildman–Crippen MR) is 140 cm³/mol. The highest BCUT2D eigenvalue weighted by Crippen LogP contribution is 2.26. The van der Waals surface area contributed by atoms with Crippen LogP contribution in [0.3, 0.4) is 0 Å². The topological polar surface area (TPSA) is 65.0 Å². The third-order valence-electron chi connectivity index (χ3n) is 5.90. The molecule has 34 heavy (non-hydrogen) atoms. The smallest absolute Gasteiger partial charge is 0.330 e. The number of hydrogen-bond acceptors (Lipinski definition) is 5. The molecular weight excluding hydrogens is 428 g/mol. The summed E-state index contributed by atoms with van der Waals surface area (Å²) in [6.07, 6.45) is 6.73. The van der Waals surface area contributed by atoms with Crippen molar-refractivity contribution in [3.63, 3.8) is 0 Å². The number of rotatable bonds is 13. The molecule has 0 fully saturated rings. The predicted octanol–water partition coefficient (Wildman–Crippen LogP) is 6.90. The van der Waals surface area contributed by atoms with Crippen LogP contribution in [-0.4, -0.2) is 30.4 Å². The van der Waals surface area contributed by atoms with Crippen molar-refractivity contribution in [2.75, 3.05) is 13.2 Å². The van der Waals surface area contributed by atoms with Gasteiger partial charge in [-0.1, -0.05) is 85.7 Å². The standard InChI is InChI=1S/C15H24.C14H24O5/c1-6-14-10-13(9-8-12(14)3)11-15(4,5)7-2;1-6-14(4,5)8-7-13(16)17-9-12(15)10-18-19-11(2)3/h8-10H,6-7,11H2,1-5H3;7-8,12,15H,2,6,9-10H2,1,3-5H3/b;8-7+. The largest absolute Gasteiger partial charge is 0.460 e. The Morgan fingerprint density at radius 2 is 1.76 bits per heavy atom. The van der Waals surface area contributed by atoms with Gasteiger partial charge in [-0.2, -0.15) is 4.89 Å². The minimum Gasteiger partial charge on any atom is -0.460 e. The third kappa shape index (κ3) is 14.9. The SMILES string of the molecule is C=C(C)OOCC(O)COC(=O)/C=C/C(C)(C)CC.CCc1cc(CC(C)(C)CC)ccc1C. The van der Waals surface area contributed by atoms with Gasteiger partial charge in [0.15, 0.2) is 0 Å². The second kappa shape index (κ2) is 15.7. The molecule has 0 saturated heterocycles. The van der Waals surface area contributed by atoms with Crippen molar-refractivity contribution >= 4 is 5.97 Å². The Kier molecular flexibility index (Phi) is 14.8. The number of allylic oxidation sites excluding steroid dienone is 2. The van der Waals surface area contributed by atoms with Crippen molar-refractivity contribution in [1.82, 2.24) is 0 Å². The van der Waals surface area contributed by atoms with E-state index in [9.17, 15) is 9.90 Å². The van der Waals surface area contributed by atoms with Gasteiger partial charge in [0.05, 0.1) is 0 Å². The lowest BCUT2D eigenvalue weighted by atomic mass is 9.83. The number of aliphatic hydroxyl groups excluding tert-OH is 1. The van der Waals surface area contributed by atoms with Crippen molar-refractivity contribution in [2.24, 2.45) is 10.8 Å². The Labute approximate surface area is 208 Å². The van der Waals surface area contributed by atoms with E-state index >= 15 is 0 Å². The van der Waals surface area contributed by atoms with E-state index in [-0.39, 0.29) is 18.6 Å². The molecule has 0 amide bonds. The summed E-state index contributed by atoms with van der Waals surface area (Å²) in [5.41, 5.74) is 4.80. The van der Waals surface area contributed by atoms with E-state index < -0.39 is 12.1 Å². The van der Waals surface area contributed by atoms with Crippen molar-refractivity contribution in [3.05, 3.63) is 59.4 Å². The van der Waals surface area contributed by atoms with Crippen LogP contribution in [0.15, 0.2) is 42.7 Å². The van der Waals surface area contributed by atoms with Gasteiger partial charge in [-0.15, -0.1) is 0 Å². The van der Waals surface area contributed by atoms with Crippen molar-refractivity contribution in [1.29, 1.82) is 0 Å². The fourth-order valence-corrected chi connectivity index (χ4v) is 2.79. The van der Waals surface area contributed by atoms with Crippen LogP contribution in [-0.2, 0) is 32.1 Å². The van der Waals surface area contributed by atoms with Gasteiger partial charge in [-0.3, -0.25) is 0 Å². The number of aliphatic hydroxyl groups is 1. The van der Waals surface area contributed by atoms with Crippen LogP contribution in [0.25, 0.3) is 0 Å². The Hall–Kier alpha value is -2.11. The van der Waals surface area contributed by atoms with E-state index in [0.717, 1.165) is 12.8 Å². The van der Waals surface area contributed by atoms with Crippen LogP contribution in [0.1, 0.15) is 84.9 Å². The number of carbonyl (C=O) groups excluding carboxylic acids is 1. The van der Waals surface area contributed by atoms with E-state index in [0.29, 0.717) is 11.2 Å². The number of hydrogen-bond donors (Lipinski definition) is 1. The van der Waals surface area contributed by atoms with Crippen molar-refractivity contribution in [2.45, 2.75) is 94.1 Å². The first-order valence-corrected chi connectivity index (χ1v) is 12.3. The fraction of sp³-hybridized carbons (Fsp3) is 0.621. The molecule has 1 unspecified atom stereocenters. The lowest BCUT2D eigenvalue weighted by Gasteiger charge is -2.23. The van der Waals surface area contributed by atoms with E-state index in [1.165, 1.54) is 35.6 Å². The second-order valence-electron chi connectivity index (χ2n) is 10.3. The molecular formula is C29H48O5. The maximum Gasteiger partial charge on any atom is 0.330 e. The quantitative estimate of drug-likeness (QED) is 0.110. The summed E-state index contributed by atoms with van der Waals surface area (Å²) < 4.78 is 4.87. The molecule has 0 aliphatic heterocycles. The molecule has 0 bridgehead atoms. The molecule has 0 aromatic heterocycles. The van der Waals surface area contributed by atoms with Crippen LogP contribution in [0, 0.1) is 17.8 Å².